The third-order valence-corrected chi connectivity index (χ3v) is 4.88. The highest BCUT2D eigenvalue weighted by Crippen LogP contribution is 2.28. The lowest BCUT2D eigenvalue weighted by Gasteiger charge is -2.30. The molecule has 8 heteroatoms. The zero-order valence-electron chi connectivity index (χ0n) is 15.4. The summed E-state index contributed by atoms with van der Waals surface area (Å²) in [5.74, 6) is -3.40. The highest BCUT2D eigenvalue weighted by Gasteiger charge is 2.46. The van der Waals surface area contributed by atoms with Gasteiger partial charge in [0.2, 0.25) is 0 Å². The van der Waals surface area contributed by atoms with Gasteiger partial charge in [-0.2, -0.15) is 0 Å². The van der Waals surface area contributed by atoms with Crippen molar-refractivity contribution in [2.75, 3.05) is 20.3 Å². The third-order valence-electron chi connectivity index (χ3n) is 4.88. The summed E-state index contributed by atoms with van der Waals surface area (Å²) >= 11 is 0. The second kappa shape index (κ2) is 8.60. The van der Waals surface area contributed by atoms with Gasteiger partial charge < -0.3 is 15.0 Å². The number of nitrogens with one attached hydrogen (secondary N) is 1. The maximum Gasteiger partial charge on any atom is 0.318 e. The smallest absolute Gasteiger partial charge is 0.318 e. The lowest BCUT2D eigenvalue weighted by molar-refractivity contribution is -0.0224. The second-order valence-electron chi connectivity index (χ2n) is 6.85. The van der Waals surface area contributed by atoms with Gasteiger partial charge in [-0.1, -0.05) is 12.1 Å². The summed E-state index contributed by atoms with van der Waals surface area (Å²) in [4.78, 5) is 18.0. The van der Waals surface area contributed by atoms with Crippen LogP contribution >= 0.6 is 0 Å². The Morgan fingerprint density at radius 3 is 2.57 bits per heavy atom. The van der Waals surface area contributed by atoms with E-state index in [1.54, 1.807) is 43.7 Å². The van der Waals surface area contributed by atoms with Gasteiger partial charge in [0.1, 0.15) is 18.5 Å². The molecule has 0 unspecified atom stereocenters. The van der Waals surface area contributed by atoms with Crippen molar-refractivity contribution in [1.29, 1.82) is 0 Å². The first-order chi connectivity index (χ1) is 13.4. The molecular formula is C20H22F3N3O2. The average Bonchev–Trinajstić information content (AvgIpc) is 3.02. The molecule has 0 aliphatic carbocycles. The van der Waals surface area contributed by atoms with E-state index >= 15 is 0 Å². The van der Waals surface area contributed by atoms with Crippen LogP contribution in [0, 0.1) is 5.82 Å². The van der Waals surface area contributed by atoms with Gasteiger partial charge in [-0.15, -0.1) is 0 Å². The standard InChI is InChI=1S/C20H22F3N3O2/c1-26(19(27)25-18-12-28-13-20(18,22)23)17(15-8-10-24-11-9-15)7-4-14-2-5-16(21)6-3-14/h2-3,5-6,8-11,17-18H,4,7,12-13H2,1H3,(H,25,27)/t17-,18+/m0/s1. The Morgan fingerprint density at radius 2 is 1.96 bits per heavy atom. The molecule has 1 saturated heterocycles. The average molecular weight is 393 g/mol. The number of ether oxygens (including phenoxy) is 1. The van der Waals surface area contributed by atoms with Crippen molar-refractivity contribution in [3.8, 4) is 0 Å². The lowest BCUT2D eigenvalue weighted by Crippen LogP contribution is -2.51. The molecule has 2 aromatic rings. The molecule has 0 radical (unpaired) electrons. The van der Waals surface area contributed by atoms with Gasteiger partial charge in [0.05, 0.1) is 12.6 Å². The van der Waals surface area contributed by atoms with Crippen molar-refractivity contribution in [2.45, 2.75) is 30.8 Å². The van der Waals surface area contributed by atoms with Crippen LogP contribution in [0.3, 0.4) is 0 Å². The predicted octanol–water partition coefficient (Wildman–Crippen LogP) is 3.57. The van der Waals surface area contributed by atoms with Crippen LogP contribution in [-0.4, -0.2) is 48.1 Å². The molecule has 2 amide bonds. The van der Waals surface area contributed by atoms with E-state index < -0.39 is 24.6 Å². The fourth-order valence-corrected chi connectivity index (χ4v) is 3.20. The Hall–Kier alpha value is -2.61. The summed E-state index contributed by atoms with van der Waals surface area (Å²) in [6, 6.07) is 7.41. The van der Waals surface area contributed by atoms with E-state index in [1.165, 1.54) is 17.0 Å². The van der Waals surface area contributed by atoms with Gasteiger partial charge in [-0.3, -0.25) is 4.98 Å². The topological polar surface area (TPSA) is 54.5 Å². The van der Waals surface area contributed by atoms with Gasteiger partial charge in [0.25, 0.3) is 5.92 Å². The molecular weight excluding hydrogens is 371 g/mol. The number of aromatic nitrogens is 1. The van der Waals surface area contributed by atoms with Crippen molar-refractivity contribution < 1.29 is 22.7 Å². The number of pyridine rings is 1. The van der Waals surface area contributed by atoms with Crippen molar-refractivity contribution >= 4 is 6.03 Å². The van der Waals surface area contributed by atoms with Crippen molar-refractivity contribution in [3.05, 3.63) is 65.7 Å². The van der Waals surface area contributed by atoms with E-state index in [-0.39, 0.29) is 18.5 Å². The molecule has 1 fully saturated rings. The number of carbonyl (C=O) groups is 1. The molecule has 1 aliphatic rings. The minimum atomic E-state index is -3.09. The monoisotopic (exact) mass is 393 g/mol. The van der Waals surface area contributed by atoms with Crippen LogP contribution in [0.25, 0.3) is 0 Å². The summed E-state index contributed by atoms with van der Waals surface area (Å²) in [5, 5.41) is 2.37. The Kier molecular flexibility index (Phi) is 6.18. The number of urea groups is 1. The second-order valence-corrected chi connectivity index (χ2v) is 6.85. The number of benzene rings is 1. The van der Waals surface area contributed by atoms with E-state index in [2.05, 4.69) is 10.3 Å². The van der Waals surface area contributed by atoms with E-state index in [0.29, 0.717) is 12.8 Å². The largest absolute Gasteiger partial charge is 0.373 e. The van der Waals surface area contributed by atoms with Gasteiger partial charge in [-0.05, 0) is 48.2 Å². The highest BCUT2D eigenvalue weighted by atomic mass is 19.3. The molecule has 1 aliphatic heterocycles. The van der Waals surface area contributed by atoms with Crippen molar-refractivity contribution in [3.63, 3.8) is 0 Å². The van der Waals surface area contributed by atoms with Gasteiger partial charge >= 0.3 is 6.03 Å². The molecule has 28 heavy (non-hydrogen) atoms. The van der Waals surface area contributed by atoms with Crippen molar-refractivity contribution in [2.24, 2.45) is 0 Å². The minimum Gasteiger partial charge on any atom is -0.373 e. The Morgan fingerprint density at radius 1 is 1.29 bits per heavy atom. The van der Waals surface area contributed by atoms with E-state index in [4.69, 9.17) is 4.74 Å². The first kappa shape index (κ1) is 20.1. The number of hydrogen-bond acceptors (Lipinski definition) is 3. The Labute approximate surface area is 161 Å². The summed E-state index contributed by atoms with van der Waals surface area (Å²) < 4.78 is 45.4. The summed E-state index contributed by atoms with van der Waals surface area (Å²) in [7, 11) is 1.57. The number of hydrogen-bond donors (Lipinski definition) is 1. The van der Waals surface area contributed by atoms with Crippen molar-refractivity contribution in [1.82, 2.24) is 15.2 Å². The molecule has 3 rings (SSSR count). The summed E-state index contributed by atoms with van der Waals surface area (Å²) in [5.41, 5.74) is 1.76. The molecule has 0 saturated carbocycles. The molecule has 2 atom stereocenters. The van der Waals surface area contributed by atoms with Crippen LogP contribution in [0.2, 0.25) is 0 Å². The fourth-order valence-electron chi connectivity index (χ4n) is 3.20. The first-order valence-corrected chi connectivity index (χ1v) is 9.00. The Balaban J connectivity index is 1.72. The van der Waals surface area contributed by atoms with Crippen LogP contribution in [-0.2, 0) is 11.2 Å². The molecule has 1 aromatic carbocycles. The van der Waals surface area contributed by atoms with Gasteiger partial charge in [0, 0.05) is 19.4 Å². The number of nitrogens with zero attached hydrogens (tertiary/aromatic N) is 2. The van der Waals surface area contributed by atoms with Crippen LogP contribution in [0.1, 0.15) is 23.6 Å². The maximum atomic E-state index is 13.8. The number of amides is 2. The zero-order chi connectivity index (χ0) is 20.1. The zero-order valence-corrected chi connectivity index (χ0v) is 15.4. The molecule has 1 aromatic heterocycles. The molecule has 0 spiro atoms. The highest BCUT2D eigenvalue weighted by molar-refractivity contribution is 5.75. The molecule has 5 nitrogen and oxygen atoms in total. The molecule has 1 N–H and O–H groups in total. The molecule has 150 valence electrons. The molecule has 2 heterocycles. The van der Waals surface area contributed by atoms with E-state index in [1.807, 2.05) is 0 Å². The van der Waals surface area contributed by atoms with E-state index in [9.17, 15) is 18.0 Å². The minimum absolute atomic E-state index is 0.220. The Bertz CT molecular complexity index is 787. The fraction of sp³-hybridized carbons (Fsp3) is 0.400. The third kappa shape index (κ3) is 4.81. The number of alkyl halides is 2. The van der Waals surface area contributed by atoms with Gasteiger partial charge in [0.15, 0.2) is 0 Å². The first-order valence-electron chi connectivity index (χ1n) is 9.00. The van der Waals surface area contributed by atoms with Crippen LogP contribution < -0.4 is 5.32 Å². The lowest BCUT2D eigenvalue weighted by atomic mass is 9.98. The SMILES string of the molecule is CN(C(=O)N[C@@H]1COCC1(F)F)[C@@H](CCc1ccc(F)cc1)c1ccncc1. The quantitative estimate of drug-likeness (QED) is 0.816. The van der Waals surface area contributed by atoms with Crippen LogP contribution in [0.4, 0.5) is 18.0 Å². The number of rotatable bonds is 6. The predicted molar refractivity (Wildman–Crippen MR) is 97.5 cm³/mol. The summed E-state index contributed by atoms with van der Waals surface area (Å²) in [6.07, 6.45) is 4.36. The van der Waals surface area contributed by atoms with Gasteiger partial charge in [-0.25, -0.2) is 18.0 Å². The van der Waals surface area contributed by atoms with Crippen LogP contribution in [0.15, 0.2) is 48.8 Å². The number of aryl methyl sites for hydroxylation is 1. The van der Waals surface area contributed by atoms with Crippen LogP contribution in [0.5, 0.6) is 0 Å². The normalized spacial score (nSPS) is 19.2. The number of carbonyl (C=O) groups excluding carboxylic acids is 1. The summed E-state index contributed by atoms with van der Waals surface area (Å²) in [6.45, 7) is -0.915. The maximum absolute atomic E-state index is 13.8. The number of halogens is 3. The molecule has 0 bridgehead atoms. The van der Waals surface area contributed by atoms with E-state index in [0.717, 1.165) is 11.1 Å².